The van der Waals surface area contributed by atoms with Crippen LogP contribution >= 0.6 is 0 Å². The number of rotatable bonds is 19. The molecule has 65 heavy (non-hydrogen) atoms. The summed E-state index contributed by atoms with van der Waals surface area (Å²) in [7, 11) is 0. The first-order chi connectivity index (χ1) is 31.2. The number of fused-ring (bicyclic) bond motifs is 1. The van der Waals surface area contributed by atoms with Gasteiger partial charge in [0.05, 0.1) is 28.7 Å². The zero-order valence-electron chi connectivity index (χ0n) is 34.7. The molecule has 5 aromatic rings. The number of benzene rings is 2. The Morgan fingerprint density at radius 1 is 0.908 bits per heavy atom. The van der Waals surface area contributed by atoms with Crippen molar-refractivity contribution < 1.29 is 51.2 Å². The number of primary amides is 1. The molecule has 0 spiro atoms. The smallest absolute Gasteiger partial charge is 0.405 e. The second kappa shape index (κ2) is 19.8. The van der Waals surface area contributed by atoms with Crippen LogP contribution in [0.15, 0.2) is 77.7 Å². The van der Waals surface area contributed by atoms with E-state index in [1.165, 1.54) is 29.2 Å². The van der Waals surface area contributed by atoms with Gasteiger partial charge in [0, 0.05) is 30.3 Å². The highest BCUT2D eigenvalue weighted by molar-refractivity contribution is 6.24. The van der Waals surface area contributed by atoms with E-state index in [2.05, 4.69) is 36.3 Å². The number of halogens is 3. The fourth-order valence-electron chi connectivity index (χ4n) is 7.51. The number of unbranched alkanes of at least 4 members (excludes halogenated alkanes) is 6. The molecule has 0 bridgehead atoms. The van der Waals surface area contributed by atoms with Crippen molar-refractivity contribution in [3.63, 3.8) is 0 Å². The molecule has 0 saturated carbocycles. The number of nitrogens with one attached hydrogen (secondary N) is 4. The lowest BCUT2D eigenvalue weighted by atomic mass is 9.97. The maximum absolute atomic E-state index is 13.3. The number of carbonyl (C=O) groups is 7. The molecule has 21 heteroatoms. The van der Waals surface area contributed by atoms with Gasteiger partial charge >= 0.3 is 6.18 Å². The lowest BCUT2D eigenvalue weighted by Crippen LogP contribution is -2.54. The summed E-state index contributed by atoms with van der Waals surface area (Å²) in [5.74, 6) is -4.21. The van der Waals surface area contributed by atoms with Crippen LogP contribution in [-0.4, -0.2) is 91.3 Å². The second-order valence-corrected chi connectivity index (χ2v) is 15.4. The standard InChI is InChI=1S/C44H43F3N10O8/c45-44(46,47)24-51-33-21-27(18-20-49-33)41-53-31(23-65-41)39(61)52-30-22-56(55-36(30)37(48)59)28-14-12-26(13-15-28)38(60)50-19-7-5-3-1-2-4-6-9-25-10-8-11-29-35(25)43(64)57(42(29)63)32-16-17-34(58)54-40(32)62/h8,10-15,18,20-23,32H,1-7,9,16-17,19,24H2,(H2,48,59)(H,49,51)(H,50,60)(H,52,61)(H,54,58,62). The fraction of sp³-hybridized carbons (Fsp3) is 0.318. The summed E-state index contributed by atoms with van der Waals surface area (Å²) >= 11 is 0. The third-order valence-electron chi connectivity index (χ3n) is 10.8. The minimum absolute atomic E-state index is 0.0375. The van der Waals surface area contributed by atoms with E-state index in [0.29, 0.717) is 29.8 Å². The first kappa shape index (κ1) is 45.3. The molecule has 2 aliphatic heterocycles. The highest BCUT2D eigenvalue weighted by atomic mass is 19.4. The number of alkyl halides is 3. The van der Waals surface area contributed by atoms with Gasteiger partial charge in [-0.2, -0.15) is 18.3 Å². The molecule has 1 saturated heterocycles. The van der Waals surface area contributed by atoms with Crippen LogP contribution in [0.3, 0.4) is 0 Å². The molecular formula is C44H43F3N10O8. The van der Waals surface area contributed by atoms with Gasteiger partial charge in [0.15, 0.2) is 11.4 Å². The predicted molar refractivity (Wildman–Crippen MR) is 226 cm³/mol. The molecule has 7 amide bonds. The Bertz CT molecular complexity index is 2640. The number of oxazole rings is 1. The predicted octanol–water partition coefficient (Wildman–Crippen LogP) is 5.35. The molecule has 338 valence electrons. The van der Waals surface area contributed by atoms with Crippen molar-refractivity contribution in [1.82, 2.24) is 35.3 Å². The van der Waals surface area contributed by atoms with Gasteiger partial charge < -0.3 is 26.1 Å². The topological polar surface area (TPSA) is 254 Å². The van der Waals surface area contributed by atoms with E-state index in [0.717, 1.165) is 61.7 Å². The van der Waals surface area contributed by atoms with E-state index in [9.17, 15) is 46.7 Å². The SMILES string of the molecule is NC(=O)c1nn(-c2ccc(C(=O)NCCCCCCCCCc3cccc4c3C(=O)N(C3CCC(=O)NC3=O)C4=O)cc2)cc1NC(=O)c1coc(-c2ccnc(NCC(F)(F)F)c2)n1. The van der Waals surface area contributed by atoms with Crippen LogP contribution in [-0.2, 0) is 16.0 Å². The van der Waals surface area contributed by atoms with Gasteiger partial charge in [-0.25, -0.2) is 14.6 Å². The molecule has 2 aromatic carbocycles. The van der Waals surface area contributed by atoms with Crippen molar-refractivity contribution in [2.24, 2.45) is 5.73 Å². The van der Waals surface area contributed by atoms with E-state index < -0.39 is 54.2 Å². The number of anilines is 2. The second-order valence-electron chi connectivity index (χ2n) is 15.4. The lowest BCUT2D eigenvalue weighted by molar-refractivity contribution is -0.136. The average Bonchev–Trinajstić information content (AvgIpc) is 4.01. The summed E-state index contributed by atoms with van der Waals surface area (Å²) < 4.78 is 44.5. The van der Waals surface area contributed by atoms with Crippen molar-refractivity contribution in [1.29, 1.82) is 0 Å². The zero-order chi connectivity index (χ0) is 46.3. The Kier molecular flexibility index (Phi) is 13.8. The number of hydrogen-bond donors (Lipinski definition) is 5. The molecule has 2 aliphatic rings. The molecule has 6 N–H and O–H groups in total. The van der Waals surface area contributed by atoms with Crippen LogP contribution < -0.4 is 27.0 Å². The molecule has 0 aliphatic carbocycles. The summed E-state index contributed by atoms with van der Waals surface area (Å²) in [4.78, 5) is 97.5. The maximum Gasteiger partial charge on any atom is 0.405 e. The van der Waals surface area contributed by atoms with E-state index in [-0.39, 0.29) is 58.7 Å². The average molecular weight is 897 g/mol. The number of amides is 7. The number of aromatic nitrogens is 4. The molecule has 3 aromatic heterocycles. The molecule has 1 fully saturated rings. The molecule has 18 nitrogen and oxygen atoms in total. The van der Waals surface area contributed by atoms with Crippen molar-refractivity contribution in [3.8, 4) is 17.1 Å². The maximum atomic E-state index is 13.3. The van der Waals surface area contributed by atoms with Gasteiger partial charge in [-0.1, -0.05) is 44.2 Å². The van der Waals surface area contributed by atoms with Gasteiger partial charge in [-0.05, 0) is 73.7 Å². The third kappa shape index (κ3) is 10.9. The van der Waals surface area contributed by atoms with Crippen molar-refractivity contribution in [2.75, 3.05) is 23.7 Å². The Balaban J connectivity index is 0.819. The molecular weight excluding hydrogens is 854 g/mol. The number of hydrogen-bond acceptors (Lipinski definition) is 12. The summed E-state index contributed by atoms with van der Waals surface area (Å²) in [6.07, 6.45) is 6.33. The normalized spacial score (nSPS) is 14.9. The first-order valence-corrected chi connectivity index (χ1v) is 20.8. The molecule has 1 unspecified atom stereocenters. The minimum Gasteiger partial charge on any atom is -0.444 e. The zero-order valence-corrected chi connectivity index (χ0v) is 34.7. The van der Waals surface area contributed by atoms with Crippen molar-refractivity contribution in [2.45, 2.75) is 76.4 Å². The summed E-state index contributed by atoms with van der Waals surface area (Å²) in [6, 6.07) is 13.3. The van der Waals surface area contributed by atoms with Gasteiger partial charge in [-0.3, -0.25) is 43.8 Å². The number of piperidine rings is 1. The molecule has 5 heterocycles. The van der Waals surface area contributed by atoms with E-state index in [1.807, 2.05) is 6.07 Å². The number of imide groups is 2. The quantitative estimate of drug-likeness (QED) is 0.0520. The van der Waals surface area contributed by atoms with Gasteiger partial charge in [0.2, 0.25) is 17.7 Å². The van der Waals surface area contributed by atoms with E-state index in [4.69, 9.17) is 10.2 Å². The van der Waals surface area contributed by atoms with Crippen molar-refractivity contribution in [3.05, 3.63) is 107 Å². The van der Waals surface area contributed by atoms with Crippen LogP contribution in [0.25, 0.3) is 17.1 Å². The fourth-order valence-corrected chi connectivity index (χ4v) is 7.51. The monoisotopic (exact) mass is 896 g/mol. The van der Waals surface area contributed by atoms with Gasteiger partial charge in [-0.15, -0.1) is 0 Å². The Morgan fingerprint density at radius 2 is 1.65 bits per heavy atom. The number of carbonyl (C=O) groups excluding carboxylic acids is 7. The van der Waals surface area contributed by atoms with E-state index in [1.54, 1.807) is 36.4 Å². The highest BCUT2D eigenvalue weighted by Crippen LogP contribution is 2.31. The number of aryl methyl sites for hydroxylation is 1. The van der Waals surface area contributed by atoms with Crippen LogP contribution in [0.4, 0.5) is 24.7 Å². The van der Waals surface area contributed by atoms with Crippen LogP contribution in [0.2, 0.25) is 0 Å². The largest absolute Gasteiger partial charge is 0.444 e. The van der Waals surface area contributed by atoms with Gasteiger partial charge in [0.25, 0.3) is 29.5 Å². The molecule has 1 atom stereocenters. The van der Waals surface area contributed by atoms with Crippen molar-refractivity contribution >= 4 is 52.9 Å². The third-order valence-corrected chi connectivity index (χ3v) is 10.8. The number of nitrogens with two attached hydrogens (primary N) is 1. The summed E-state index contributed by atoms with van der Waals surface area (Å²) in [5, 5.41) is 14.0. The highest BCUT2D eigenvalue weighted by Gasteiger charge is 2.45. The number of nitrogens with zero attached hydrogens (tertiary/aromatic N) is 5. The Labute approximate surface area is 368 Å². The Morgan fingerprint density at radius 3 is 2.37 bits per heavy atom. The minimum atomic E-state index is -4.46. The lowest BCUT2D eigenvalue weighted by Gasteiger charge is -2.27. The summed E-state index contributed by atoms with van der Waals surface area (Å²) in [6.45, 7) is -0.828. The van der Waals surface area contributed by atoms with Crippen LogP contribution in [0, 0.1) is 0 Å². The summed E-state index contributed by atoms with van der Waals surface area (Å²) in [5.41, 5.74) is 7.52. The Hall–Kier alpha value is -7.71. The molecule has 0 radical (unpaired) electrons. The van der Waals surface area contributed by atoms with Crippen LogP contribution in [0.5, 0.6) is 0 Å². The van der Waals surface area contributed by atoms with Crippen LogP contribution in [0.1, 0.15) is 115 Å². The van der Waals surface area contributed by atoms with Gasteiger partial charge in [0.1, 0.15) is 24.7 Å². The van der Waals surface area contributed by atoms with E-state index >= 15 is 0 Å². The number of pyridine rings is 1. The molecule has 7 rings (SSSR count). The first-order valence-electron chi connectivity index (χ1n) is 20.8.